The third kappa shape index (κ3) is 0.824. The summed E-state index contributed by atoms with van der Waals surface area (Å²) in [5.41, 5.74) is 4.13. The first kappa shape index (κ1) is 5.27. The lowest BCUT2D eigenvalue weighted by atomic mass is 9.79. The number of hydrogen-bond donors (Lipinski definition) is 0. The molecule has 9 heavy (non-hydrogen) atoms. The summed E-state index contributed by atoms with van der Waals surface area (Å²) in [6, 6.07) is 0.568. The van der Waals surface area contributed by atoms with Crippen LogP contribution in [-0.4, -0.2) is 12.3 Å². The van der Waals surface area contributed by atoms with Crippen molar-refractivity contribution in [3.8, 4) is 0 Å². The molecule has 1 heterocycles. The summed E-state index contributed by atoms with van der Waals surface area (Å²) >= 11 is 0. The maximum atomic E-state index is 4.13. The van der Waals surface area contributed by atoms with Crippen LogP contribution in [-0.2, 0) is 0 Å². The van der Waals surface area contributed by atoms with Gasteiger partial charge in [-0.1, -0.05) is 6.42 Å². The van der Waals surface area contributed by atoms with E-state index in [1.165, 1.54) is 19.3 Å². The van der Waals surface area contributed by atoms with Crippen molar-refractivity contribution in [3.63, 3.8) is 0 Å². The number of hydrogen-bond acceptors (Lipinski definition) is 1. The van der Waals surface area contributed by atoms with E-state index in [0.717, 1.165) is 12.3 Å². The van der Waals surface area contributed by atoms with Crippen LogP contribution in [0, 0.1) is 5.92 Å². The van der Waals surface area contributed by atoms with Gasteiger partial charge in [-0.3, -0.25) is 0 Å². The van der Waals surface area contributed by atoms with E-state index in [0.29, 0.717) is 6.04 Å². The maximum absolute atomic E-state index is 4.13. The van der Waals surface area contributed by atoms with Gasteiger partial charge in [0.25, 0.3) is 0 Å². The van der Waals surface area contributed by atoms with Crippen molar-refractivity contribution in [2.45, 2.75) is 31.7 Å². The van der Waals surface area contributed by atoms with Crippen LogP contribution in [0.5, 0.6) is 0 Å². The summed E-state index contributed by atoms with van der Waals surface area (Å²) in [4.78, 5) is 0. The fourth-order valence-corrected chi connectivity index (χ4v) is 1.45. The molecule has 0 amide bonds. The van der Waals surface area contributed by atoms with E-state index < -0.39 is 0 Å². The minimum absolute atomic E-state index is 0.568. The zero-order chi connectivity index (χ0) is 6.10. The van der Waals surface area contributed by atoms with Gasteiger partial charge in [-0.25, -0.2) is 0 Å². The molecule has 1 aliphatic carbocycles. The average molecular weight is 123 g/mol. The van der Waals surface area contributed by atoms with Crippen LogP contribution in [0.4, 0.5) is 0 Å². The van der Waals surface area contributed by atoms with Crippen molar-refractivity contribution in [2.75, 3.05) is 0 Å². The first-order chi connectivity index (χ1) is 4.47. The SMILES string of the molecule is C1=N[N]C(C2CCC2)C1. The first-order valence-electron chi connectivity index (χ1n) is 3.68. The van der Waals surface area contributed by atoms with Crippen molar-refractivity contribution in [3.05, 3.63) is 0 Å². The third-order valence-corrected chi connectivity index (χ3v) is 2.34. The molecule has 1 saturated carbocycles. The second kappa shape index (κ2) is 2.01. The fourth-order valence-electron chi connectivity index (χ4n) is 1.45. The first-order valence-corrected chi connectivity index (χ1v) is 3.68. The molecule has 1 unspecified atom stereocenters. The van der Waals surface area contributed by atoms with E-state index in [-0.39, 0.29) is 0 Å². The Morgan fingerprint density at radius 2 is 2.22 bits per heavy atom. The molecule has 0 saturated heterocycles. The van der Waals surface area contributed by atoms with E-state index >= 15 is 0 Å². The van der Waals surface area contributed by atoms with Gasteiger partial charge in [0.1, 0.15) is 0 Å². The second-order valence-electron chi connectivity index (χ2n) is 2.91. The van der Waals surface area contributed by atoms with Gasteiger partial charge in [0.2, 0.25) is 0 Å². The van der Waals surface area contributed by atoms with Gasteiger partial charge < -0.3 is 0 Å². The second-order valence-corrected chi connectivity index (χ2v) is 2.91. The Morgan fingerprint density at radius 1 is 1.33 bits per heavy atom. The molecule has 0 spiro atoms. The summed E-state index contributed by atoms with van der Waals surface area (Å²) in [5, 5.41) is 3.87. The molecule has 0 aromatic carbocycles. The number of nitrogens with zero attached hydrogens (tertiary/aromatic N) is 2. The largest absolute Gasteiger partial charge is 0.186 e. The molecule has 0 bridgehead atoms. The molecule has 1 aliphatic heterocycles. The van der Waals surface area contributed by atoms with Crippen molar-refractivity contribution >= 4 is 6.21 Å². The van der Waals surface area contributed by atoms with Crippen LogP contribution in [0.25, 0.3) is 0 Å². The Hall–Kier alpha value is -0.530. The molecule has 1 radical (unpaired) electrons. The fraction of sp³-hybridized carbons (Fsp3) is 0.857. The molecule has 49 valence electrons. The molecule has 2 rings (SSSR count). The van der Waals surface area contributed by atoms with Gasteiger partial charge in [0.15, 0.2) is 0 Å². The summed E-state index contributed by atoms with van der Waals surface area (Å²) < 4.78 is 0. The molecular weight excluding hydrogens is 112 g/mol. The maximum Gasteiger partial charge on any atom is 0.0790 e. The molecule has 2 nitrogen and oxygen atoms in total. The lowest BCUT2D eigenvalue weighted by molar-refractivity contribution is 0.241. The van der Waals surface area contributed by atoms with Crippen LogP contribution in [0.1, 0.15) is 25.7 Å². The van der Waals surface area contributed by atoms with Crippen LogP contribution in [0.3, 0.4) is 0 Å². The molecule has 0 aromatic heterocycles. The topological polar surface area (TPSA) is 26.5 Å². The molecule has 2 aliphatic rings. The average Bonchev–Trinajstić information content (AvgIpc) is 2.11. The summed E-state index contributed by atoms with van der Waals surface area (Å²) in [6.07, 6.45) is 7.22. The summed E-state index contributed by atoms with van der Waals surface area (Å²) in [7, 11) is 0. The predicted molar refractivity (Wildman–Crippen MR) is 36.4 cm³/mol. The summed E-state index contributed by atoms with van der Waals surface area (Å²) in [5.74, 6) is 0.882. The minimum atomic E-state index is 0.568. The van der Waals surface area contributed by atoms with Crippen LogP contribution < -0.4 is 5.43 Å². The highest BCUT2D eigenvalue weighted by Crippen LogP contribution is 2.31. The van der Waals surface area contributed by atoms with Crippen LogP contribution in [0.2, 0.25) is 0 Å². The van der Waals surface area contributed by atoms with E-state index in [2.05, 4.69) is 10.5 Å². The van der Waals surface area contributed by atoms with Gasteiger partial charge in [-0.2, -0.15) is 10.5 Å². The minimum Gasteiger partial charge on any atom is -0.186 e. The highest BCUT2D eigenvalue weighted by atomic mass is 15.3. The Labute approximate surface area is 55.3 Å². The molecule has 1 fully saturated rings. The van der Waals surface area contributed by atoms with E-state index in [1.54, 1.807) is 0 Å². The number of rotatable bonds is 1. The van der Waals surface area contributed by atoms with Gasteiger partial charge >= 0.3 is 0 Å². The third-order valence-electron chi connectivity index (χ3n) is 2.34. The zero-order valence-electron chi connectivity index (χ0n) is 5.45. The van der Waals surface area contributed by atoms with Crippen molar-refractivity contribution in [1.29, 1.82) is 0 Å². The van der Waals surface area contributed by atoms with E-state index in [4.69, 9.17) is 0 Å². The Balaban J connectivity index is 1.85. The smallest absolute Gasteiger partial charge is 0.0790 e. The zero-order valence-corrected chi connectivity index (χ0v) is 5.45. The lowest BCUT2D eigenvalue weighted by Crippen LogP contribution is -2.30. The molecule has 0 aromatic rings. The normalized spacial score (nSPS) is 34.0. The van der Waals surface area contributed by atoms with Gasteiger partial charge in [-0.05, 0) is 18.8 Å². The highest BCUT2D eigenvalue weighted by molar-refractivity contribution is 5.59. The van der Waals surface area contributed by atoms with Gasteiger partial charge in [0.05, 0.1) is 6.04 Å². The molecule has 0 N–H and O–H groups in total. The molecule has 2 heteroatoms. The Kier molecular flexibility index (Phi) is 1.18. The van der Waals surface area contributed by atoms with Crippen molar-refractivity contribution in [2.24, 2.45) is 11.0 Å². The van der Waals surface area contributed by atoms with Gasteiger partial charge in [0, 0.05) is 12.6 Å². The summed E-state index contributed by atoms with van der Waals surface area (Å²) in [6.45, 7) is 0. The Morgan fingerprint density at radius 3 is 2.67 bits per heavy atom. The van der Waals surface area contributed by atoms with E-state index in [1.807, 2.05) is 6.21 Å². The van der Waals surface area contributed by atoms with Crippen molar-refractivity contribution in [1.82, 2.24) is 5.43 Å². The Bertz CT molecular complexity index is 119. The standard InChI is InChI=1S/C7H11N2/c1-2-6(3-1)7-4-5-8-9-7/h5-7H,1-4H2. The predicted octanol–water partition coefficient (Wildman–Crippen LogP) is 1.15. The van der Waals surface area contributed by atoms with E-state index in [9.17, 15) is 0 Å². The van der Waals surface area contributed by atoms with Crippen LogP contribution in [0.15, 0.2) is 5.10 Å². The quantitative estimate of drug-likeness (QED) is 0.500. The van der Waals surface area contributed by atoms with Crippen LogP contribution >= 0.6 is 0 Å². The van der Waals surface area contributed by atoms with Crippen molar-refractivity contribution < 1.29 is 0 Å². The monoisotopic (exact) mass is 123 g/mol. The lowest BCUT2D eigenvalue weighted by Gasteiger charge is -2.29. The highest BCUT2D eigenvalue weighted by Gasteiger charge is 2.29. The molecular formula is C7H11N2. The van der Waals surface area contributed by atoms with Gasteiger partial charge in [-0.15, -0.1) is 0 Å². The molecule has 1 atom stereocenters.